The molecule has 1 aliphatic rings. The third-order valence-corrected chi connectivity index (χ3v) is 5.11. The molecule has 3 rings (SSSR count). The second-order valence-corrected chi connectivity index (χ2v) is 6.68. The molecule has 0 bridgehead atoms. The number of benzene rings is 2. The lowest BCUT2D eigenvalue weighted by Crippen LogP contribution is -2.07. The van der Waals surface area contributed by atoms with E-state index in [2.05, 4.69) is 43.2 Å². The van der Waals surface area contributed by atoms with Gasteiger partial charge in [0.2, 0.25) is 0 Å². The summed E-state index contributed by atoms with van der Waals surface area (Å²) in [4.78, 5) is 10.6. The predicted molar refractivity (Wildman–Crippen MR) is 89.6 cm³/mol. The summed E-state index contributed by atoms with van der Waals surface area (Å²) in [6.07, 6.45) is 1.99. The molecule has 1 atom stereocenters. The average molecular weight is 412 g/mol. The van der Waals surface area contributed by atoms with Crippen LogP contribution in [-0.2, 0) is 6.42 Å². The highest BCUT2D eigenvalue weighted by Crippen LogP contribution is 2.38. The molecule has 108 valence electrons. The van der Waals surface area contributed by atoms with Gasteiger partial charge in [-0.05, 0) is 58.1 Å². The Morgan fingerprint density at radius 1 is 1.19 bits per heavy atom. The normalized spacial score (nSPS) is 16.6. The predicted octanol–water partition coefficient (Wildman–Crippen LogP) is 5.22. The molecule has 0 spiro atoms. The number of nitro benzene ring substituents is 1. The lowest BCUT2D eigenvalue weighted by molar-refractivity contribution is -0.385. The Kier molecular flexibility index (Phi) is 3.99. The highest BCUT2D eigenvalue weighted by Gasteiger charge is 2.24. The van der Waals surface area contributed by atoms with Crippen LogP contribution >= 0.6 is 31.9 Å². The summed E-state index contributed by atoms with van der Waals surface area (Å²) in [7, 11) is 0. The zero-order chi connectivity index (χ0) is 15.0. The Bertz CT molecular complexity index is 719. The molecule has 6 heteroatoms. The maximum Gasteiger partial charge on any atom is 0.285 e. The van der Waals surface area contributed by atoms with E-state index in [0.29, 0.717) is 4.47 Å². The smallest absolute Gasteiger partial charge is 0.285 e. The topological polar surface area (TPSA) is 55.2 Å². The Morgan fingerprint density at radius 3 is 2.76 bits per heavy atom. The zero-order valence-electron chi connectivity index (χ0n) is 11.0. The van der Waals surface area contributed by atoms with Crippen LogP contribution in [0.15, 0.2) is 45.3 Å². The van der Waals surface area contributed by atoms with Gasteiger partial charge in [-0.1, -0.05) is 28.1 Å². The molecule has 1 unspecified atom stereocenters. The highest BCUT2D eigenvalue weighted by atomic mass is 79.9. The molecule has 0 saturated carbocycles. The summed E-state index contributed by atoms with van der Waals surface area (Å²) in [5, 5.41) is 14.4. The van der Waals surface area contributed by atoms with Crippen molar-refractivity contribution in [2.45, 2.75) is 18.9 Å². The number of nitro groups is 1. The van der Waals surface area contributed by atoms with Crippen LogP contribution in [0.25, 0.3) is 0 Å². The minimum absolute atomic E-state index is 0.0764. The minimum Gasteiger partial charge on any atom is -0.378 e. The van der Waals surface area contributed by atoms with Crippen LogP contribution in [-0.4, -0.2) is 4.92 Å². The van der Waals surface area contributed by atoms with Crippen LogP contribution < -0.4 is 5.32 Å². The first kappa shape index (κ1) is 14.5. The summed E-state index contributed by atoms with van der Waals surface area (Å²) >= 11 is 6.78. The van der Waals surface area contributed by atoms with E-state index in [4.69, 9.17) is 0 Å². The minimum atomic E-state index is -0.381. The quantitative estimate of drug-likeness (QED) is 0.556. The van der Waals surface area contributed by atoms with Gasteiger partial charge in [0, 0.05) is 16.2 Å². The monoisotopic (exact) mass is 410 g/mol. The maximum atomic E-state index is 11.0. The molecule has 21 heavy (non-hydrogen) atoms. The third kappa shape index (κ3) is 2.82. The van der Waals surface area contributed by atoms with Gasteiger partial charge >= 0.3 is 0 Å². The van der Waals surface area contributed by atoms with Gasteiger partial charge in [-0.3, -0.25) is 10.1 Å². The molecule has 0 amide bonds. The second-order valence-electron chi connectivity index (χ2n) is 4.97. The van der Waals surface area contributed by atoms with Crippen molar-refractivity contribution < 1.29 is 4.92 Å². The van der Waals surface area contributed by atoms with E-state index in [1.54, 1.807) is 12.1 Å². The van der Waals surface area contributed by atoms with Crippen molar-refractivity contribution in [3.05, 3.63) is 66.6 Å². The van der Waals surface area contributed by atoms with Crippen molar-refractivity contribution in [3.8, 4) is 0 Å². The van der Waals surface area contributed by atoms with Crippen LogP contribution in [0, 0.1) is 10.1 Å². The number of nitrogens with one attached hydrogen (secondary N) is 1. The number of fused-ring (bicyclic) bond motifs is 1. The summed E-state index contributed by atoms with van der Waals surface area (Å²) < 4.78 is 1.62. The van der Waals surface area contributed by atoms with E-state index in [-0.39, 0.29) is 16.7 Å². The molecule has 0 saturated heterocycles. The lowest BCUT2D eigenvalue weighted by atomic mass is 10.1. The van der Waals surface area contributed by atoms with Gasteiger partial charge in [0.15, 0.2) is 0 Å². The molecule has 1 aliphatic carbocycles. The maximum absolute atomic E-state index is 11.0. The molecule has 0 fully saturated rings. The first-order valence-corrected chi connectivity index (χ1v) is 8.12. The van der Waals surface area contributed by atoms with E-state index in [1.807, 2.05) is 18.2 Å². The number of halogens is 2. The van der Waals surface area contributed by atoms with Gasteiger partial charge in [0.1, 0.15) is 0 Å². The number of hydrogen-bond donors (Lipinski definition) is 1. The van der Waals surface area contributed by atoms with Crippen LogP contribution in [0.4, 0.5) is 11.4 Å². The second kappa shape index (κ2) is 5.77. The summed E-state index contributed by atoms with van der Waals surface area (Å²) in [5.74, 6) is 0. The Labute approximate surface area is 139 Å². The van der Waals surface area contributed by atoms with Crippen molar-refractivity contribution in [1.82, 2.24) is 0 Å². The van der Waals surface area contributed by atoms with Gasteiger partial charge in [-0.25, -0.2) is 0 Å². The van der Waals surface area contributed by atoms with Crippen molar-refractivity contribution >= 4 is 43.2 Å². The number of hydrogen-bond acceptors (Lipinski definition) is 3. The highest BCUT2D eigenvalue weighted by molar-refractivity contribution is 9.10. The molecular formula is C15H12Br2N2O2. The molecule has 1 N–H and O–H groups in total. The molecule has 2 aromatic carbocycles. The molecule has 0 radical (unpaired) electrons. The molecule has 0 aromatic heterocycles. The fourth-order valence-electron chi connectivity index (χ4n) is 2.70. The van der Waals surface area contributed by atoms with Crippen molar-refractivity contribution in [2.75, 3.05) is 5.32 Å². The van der Waals surface area contributed by atoms with Gasteiger partial charge in [-0.2, -0.15) is 0 Å². The largest absolute Gasteiger partial charge is 0.378 e. The van der Waals surface area contributed by atoms with E-state index in [9.17, 15) is 10.1 Å². The molecule has 0 heterocycles. The summed E-state index contributed by atoms with van der Waals surface area (Å²) in [6.45, 7) is 0. The van der Waals surface area contributed by atoms with E-state index >= 15 is 0 Å². The Morgan fingerprint density at radius 2 is 2.00 bits per heavy atom. The molecule has 0 aliphatic heterocycles. The SMILES string of the molecule is O=[N+]([O-])c1cc(NC2CCc3c(Br)cccc32)ccc1Br. The van der Waals surface area contributed by atoms with Crippen molar-refractivity contribution in [2.24, 2.45) is 0 Å². The molecular weight excluding hydrogens is 400 g/mol. The van der Waals surface area contributed by atoms with E-state index in [1.165, 1.54) is 11.1 Å². The molecule has 4 nitrogen and oxygen atoms in total. The van der Waals surface area contributed by atoms with Crippen LogP contribution in [0.1, 0.15) is 23.6 Å². The van der Waals surface area contributed by atoms with E-state index in [0.717, 1.165) is 23.0 Å². The standard InChI is InChI=1S/C15H12Br2N2O2/c16-12-3-1-2-11-10(12)5-7-14(11)18-9-4-6-13(17)15(8-9)19(20)21/h1-4,6,8,14,18H,5,7H2. The average Bonchev–Trinajstić information content (AvgIpc) is 2.85. The van der Waals surface area contributed by atoms with Crippen molar-refractivity contribution in [3.63, 3.8) is 0 Å². The fourth-order valence-corrected chi connectivity index (χ4v) is 3.67. The van der Waals surface area contributed by atoms with Gasteiger partial charge in [0.05, 0.1) is 15.4 Å². The first-order chi connectivity index (χ1) is 10.1. The number of nitrogens with zero attached hydrogens (tertiary/aromatic N) is 1. The molecule has 2 aromatic rings. The zero-order valence-corrected chi connectivity index (χ0v) is 14.1. The first-order valence-electron chi connectivity index (χ1n) is 6.54. The van der Waals surface area contributed by atoms with E-state index < -0.39 is 0 Å². The van der Waals surface area contributed by atoms with Gasteiger partial charge in [-0.15, -0.1) is 0 Å². The lowest BCUT2D eigenvalue weighted by Gasteiger charge is -2.16. The van der Waals surface area contributed by atoms with Crippen LogP contribution in [0.3, 0.4) is 0 Å². The van der Waals surface area contributed by atoms with Crippen LogP contribution in [0.5, 0.6) is 0 Å². The van der Waals surface area contributed by atoms with Gasteiger partial charge in [0.25, 0.3) is 5.69 Å². The Balaban J connectivity index is 1.88. The van der Waals surface area contributed by atoms with Crippen LogP contribution in [0.2, 0.25) is 0 Å². The Hall–Kier alpha value is -1.40. The summed E-state index contributed by atoms with van der Waals surface area (Å²) in [6, 6.07) is 11.5. The number of rotatable bonds is 3. The fraction of sp³-hybridized carbons (Fsp3) is 0.200. The van der Waals surface area contributed by atoms with Gasteiger partial charge < -0.3 is 5.32 Å². The summed E-state index contributed by atoms with van der Waals surface area (Å²) in [5.41, 5.74) is 3.42. The number of anilines is 1. The third-order valence-electron chi connectivity index (χ3n) is 3.70. The van der Waals surface area contributed by atoms with Crippen molar-refractivity contribution in [1.29, 1.82) is 0 Å².